The van der Waals surface area contributed by atoms with E-state index in [9.17, 15) is 9.90 Å². The summed E-state index contributed by atoms with van der Waals surface area (Å²) in [4.78, 5) is 11.4. The molecule has 39 heavy (non-hydrogen) atoms. The van der Waals surface area contributed by atoms with Gasteiger partial charge in [-0.3, -0.25) is 4.79 Å². The minimum atomic E-state index is -0.438. The van der Waals surface area contributed by atoms with E-state index >= 15 is 0 Å². The van der Waals surface area contributed by atoms with Gasteiger partial charge in [-0.2, -0.15) is 0 Å². The number of ether oxygens (including phenoxy) is 5. The Balaban J connectivity index is 1.69. The predicted molar refractivity (Wildman–Crippen MR) is 152 cm³/mol. The van der Waals surface area contributed by atoms with Gasteiger partial charge in [-0.15, -0.1) is 0 Å². The molecule has 224 valence electrons. The average Bonchev–Trinajstić information content (AvgIpc) is 3.25. The highest BCUT2D eigenvalue weighted by molar-refractivity contribution is 5.69. The van der Waals surface area contributed by atoms with Gasteiger partial charge in [0.2, 0.25) is 0 Å². The van der Waals surface area contributed by atoms with Crippen LogP contribution in [0, 0.1) is 17.8 Å². The molecule has 0 aromatic carbocycles. The van der Waals surface area contributed by atoms with E-state index in [-0.39, 0.29) is 42.6 Å². The fourth-order valence-corrected chi connectivity index (χ4v) is 5.97. The first kappa shape index (κ1) is 32.3. The van der Waals surface area contributed by atoms with Crippen LogP contribution in [0.1, 0.15) is 104 Å². The van der Waals surface area contributed by atoms with Crippen LogP contribution in [0.5, 0.6) is 0 Å². The highest BCUT2D eigenvalue weighted by atomic mass is 16.7. The monoisotopic (exact) mass is 550 g/mol. The number of carbonyl (C=O) groups excluding carboxylic acids is 1. The Bertz CT molecular complexity index is 726. The standard InChI is InChI=1S/C32H54O7/c1-4-5-14-24(2)28(38-31-17-10-12-21-36-31)20-19-26-25(15-8-6-7-9-16-30(34)35-3)27(33)23-29(26)39-32-18-11-13-22-37-32/h6,8,19-20,24-29,31-33H,4-5,7,9-18,21-23H2,1-3H3/b8-6-,20-19+/t24-,25-,26-,27-,28-,29-,31?,32?/m1/s1. The van der Waals surface area contributed by atoms with Crippen LogP contribution < -0.4 is 0 Å². The quantitative estimate of drug-likeness (QED) is 0.134. The minimum absolute atomic E-state index is 0.0292. The van der Waals surface area contributed by atoms with E-state index in [1.807, 2.05) is 0 Å². The van der Waals surface area contributed by atoms with Gasteiger partial charge in [-0.1, -0.05) is 51.0 Å². The van der Waals surface area contributed by atoms with E-state index in [4.69, 9.17) is 23.7 Å². The molecule has 8 atom stereocenters. The van der Waals surface area contributed by atoms with Gasteiger partial charge in [0.1, 0.15) is 0 Å². The van der Waals surface area contributed by atoms with Gasteiger partial charge in [0.05, 0.1) is 25.4 Å². The molecular formula is C32H54O7. The summed E-state index contributed by atoms with van der Waals surface area (Å²) in [5.74, 6) is 0.340. The van der Waals surface area contributed by atoms with Crippen molar-refractivity contribution < 1.29 is 33.6 Å². The molecule has 7 heteroatoms. The zero-order valence-electron chi connectivity index (χ0n) is 24.6. The van der Waals surface area contributed by atoms with E-state index in [0.717, 1.165) is 77.4 Å². The Hall–Kier alpha value is -1.25. The molecule has 0 aromatic heterocycles. The number of carbonyl (C=O) groups is 1. The first-order valence-corrected chi connectivity index (χ1v) is 15.6. The van der Waals surface area contributed by atoms with E-state index in [1.54, 1.807) is 0 Å². The summed E-state index contributed by atoms with van der Waals surface area (Å²) in [6, 6.07) is 0. The van der Waals surface area contributed by atoms with E-state index < -0.39 is 6.10 Å². The lowest BCUT2D eigenvalue weighted by atomic mass is 9.88. The van der Waals surface area contributed by atoms with Crippen LogP contribution in [0.15, 0.2) is 24.3 Å². The van der Waals surface area contributed by atoms with Crippen LogP contribution in [0.25, 0.3) is 0 Å². The molecule has 1 N–H and O–H groups in total. The van der Waals surface area contributed by atoms with Gasteiger partial charge in [0, 0.05) is 32.0 Å². The van der Waals surface area contributed by atoms with Crippen LogP contribution in [0.3, 0.4) is 0 Å². The summed E-state index contributed by atoms with van der Waals surface area (Å²) in [6.45, 7) is 6.01. The van der Waals surface area contributed by atoms with E-state index in [2.05, 4.69) is 38.2 Å². The fourth-order valence-electron chi connectivity index (χ4n) is 5.97. The Labute approximate surface area is 236 Å². The molecule has 3 fully saturated rings. The lowest BCUT2D eigenvalue weighted by molar-refractivity contribution is -0.193. The molecule has 0 spiro atoms. The van der Waals surface area contributed by atoms with Gasteiger partial charge < -0.3 is 28.8 Å². The molecule has 7 nitrogen and oxygen atoms in total. The van der Waals surface area contributed by atoms with Crippen molar-refractivity contribution >= 4 is 5.97 Å². The van der Waals surface area contributed by atoms with Crippen molar-refractivity contribution in [1.29, 1.82) is 0 Å². The van der Waals surface area contributed by atoms with Crippen molar-refractivity contribution in [3.63, 3.8) is 0 Å². The number of aliphatic hydroxyl groups is 1. The van der Waals surface area contributed by atoms with Crippen LogP contribution in [-0.4, -0.2) is 62.3 Å². The zero-order valence-corrected chi connectivity index (χ0v) is 24.6. The molecule has 0 amide bonds. The first-order valence-electron chi connectivity index (χ1n) is 15.6. The maximum absolute atomic E-state index is 11.4. The highest BCUT2D eigenvalue weighted by Crippen LogP contribution is 2.40. The lowest BCUT2D eigenvalue weighted by Gasteiger charge is -2.31. The lowest BCUT2D eigenvalue weighted by Crippen LogP contribution is -2.32. The van der Waals surface area contributed by atoms with Crippen molar-refractivity contribution in [2.75, 3.05) is 20.3 Å². The summed E-state index contributed by atoms with van der Waals surface area (Å²) in [7, 11) is 1.42. The Morgan fingerprint density at radius 2 is 1.79 bits per heavy atom. The van der Waals surface area contributed by atoms with Gasteiger partial charge in [-0.25, -0.2) is 0 Å². The number of hydrogen-bond donors (Lipinski definition) is 1. The van der Waals surface area contributed by atoms with Gasteiger partial charge in [0.25, 0.3) is 0 Å². The van der Waals surface area contributed by atoms with Crippen LogP contribution in [0.4, 0.5) is 0 Å². The summed E-state index contributed by atoms with van der Waals surface area (Å²) in [5.41, 5.74) is 0. The van der Waals surface area contributed by atoms with Crippen LogP contribution in [0.2, 0.25) is 0 Å². The molecule has 1 aliphatic carbocycles. The fraction of sp³-hybridized carbons (Fsp3) is 0.844. The minimum Gasteiger partial charge on any atom is -0.469 e. The maximum Gasteiger partial charge on any atom is 0.305 e. The number of unbranched alkanes of at least 4 members (excludes halogenated alkanes) is 2. The molecule has 3 rings (SSSR count). The van der Waals surface area contributed by atoms with Gasteiger partial charge >= 0.3 is 5.97 Å². The molecule has 3 aliphatic rings. The molecule has 0 radical (unpaired) electrons. The Morgan fingerprint density at radius 3 is 2.46 bits per heavy atom. The number of allylic oxidation sites excluding steroid dienone is 2. The Kier molecular flexibility index (Phi) is 15.1. The molecule has 2 saturated heterocycles. The largest absolute Gasteiger partial charge is 0.469 e. The van der Waals surface area contributed by atoms with E-state index in [1.165, 1.54) is 20.0 Å². The van der Waals surface area contributed by atoms with Crippen molar-refractivity contribution in [3.8, 4) is 0 Å². The third kappa shape index (κ3) is 11.3. The molecule has 2 unspecified atom stereocenters. The number of aliphatic hydroxyl groups excluding tert-OH is 1. The number of hydrogen-bond acceptors (Lipinski definition) is 7. The second-order valence-electron chi connectivity index (χ2n) is 11.6. The summed E-state index contributed by atoms with van der Waals surface area (Å²) >= 11 is 0. The maximum atomic E-state index is 11.4. The molecule has 1 saturated carbocycles. The van der Waals surface area contributed by atoms with Crippen molar-refractivity contribution in [2.24, 2.45) is 17.8 Å². The normalized spacial score (nSPS) is 31.6. The van der Waals surface area contributed by atoms with Crippen LogP contribution >= 0.6 is 0 Å². The molecule has 2 aliphatic heterocycles. The topological polar surface area (TPSA) is 83.5 Å². The highest BCUT2D eigenvalue weighted by Gasteiger charge is 2.42. The summed E-state index contributed by atoms with van der Waals surface area (Å²) < 4.78 is 29.6. The average molecular weight is 551 g/mol. The third-order valence-electron chi connectivity index (χ3n) is 8.45. The Morgan fingerprint density at radius 1 is 1.05 bits per heavy atom. The summed E-state index contributed by atoms with van der Waals surface area (Å²) in [6.07, 6.45) is 21.0. The van der Waals surface area contributed by atoms with Crippen molar-refractivity contribution in [3.05, 3.63) is 24.3 Å². The third-order valence-corrected chi connectivity index (χ3v) is 8.45. The smallest absolute Gasteiger partial charge is 0.305 e. The predicted octanol–water partition coefficient (Wildman–Crippen LogP) is 6.48. The number of rotatable bonds is 16. The second kappa shape index (κ2) is 18.2. The molecular weight excluding hydrogens is 496 g/mol. The molecule has 2 heterocycles. The van der Waals surface area contributed by atoms with Crippen LogP contribution in [-0.2, 0) is 28.5 Å². The number of esters is 1. The van der Waals surface area contributed by atoms with Crippen molar-refractivity contribution in [1.82, 2.24) is 0 Å². The second-order valence-corrected chi connectivity index (χ2v) is 11.6. The van der Waals surface area contributed by atoms with Gasteiger partial charge in [-0.05, 0) is 76.0 Å². The molecule has 0 bridgehead atoms. The number of methoxy groups -OCH3 is 1. The summed E-state index contributed by atoms with van der Waals surface area (Å²) in [5, 5.41) is 11.1. The first-order chi connectivity index (χ1) is 19.0. The zero-order chi connectivity index (χ0) is 27.9. The molecule has 0 aromatic rings. The van der Waals surface area contributed by atoms with E-state index in [0.29, 0.717) is 18.8 Å². The SMILES string of the molecule is CCCC[C@@H](C)[C@@H](/C=C/[C@@H]1[C@@H](C/C=C\CCCC(=O)OC)[C@H](O)C[C@H]1OC1CCCCO1)OC1CCCCO1. The van der Waals surface area contributed by atoms with Crippen molar-refractivity contribution in [2.45, 2.75) is 135 Å². The van der Waals surface area contributed by atoms with Gasteiger partial charge in [0.15, 0.2) is 12.6 Å².